The molecule has 0 bridgehead atoms. The first kappa shape index (κ1) is 13.7. The lowest BCUT2D eigenvalue weighted by molar-refractivity contribution is 0.206. The van der Waals surface area contributed by atoms with Crippen LogP contribution in [0.25, 0.3) is 0 Å². The van der Waals surface area contributed by atoms with Crippen molar-refractivity contribution >= 4 is 23.1 Å². The van der Waals surface area contributed by atoms with E-state index in [2.05, 4.69) is 21.4 Å². The molecule has 0 atom stereocenters. The van der Waals surface area contributed by atoms with E-state index in [1.54, 1.807) is 23.7 Å². The van der Waals surface area contributed by atoms with Crippen LogP contribution < -0.4 is 5.32 Å². The highest BCUT2D eigenvalue weighted by atomic mass is 32.1. The van der Waals surface area contributed by atoms with Crippen LogP contribution in [0.4, 0.5) is 10.5 Å². The van der Waals surface area contributed by atoms with Crippen LogP contribution in [0.1, 0.15) is 42.3 Å². The Morgan fingerprint density at radius 3 is 2.64 bits per heavy atom. The van der Waals surface area contributed by atoms with Gasteiger partial charge in [0.2, 0.25) is 0 Å². The van der Waals surface area contributed by atoms with E-state index in [-0.39, 0.29) is 6.03 Å². The molecule has 1 N–H and O–H groups in total. The molecule has 2 aliphatic carbocycles. The molecule has 2 heterocycles. The Kier molecular flexibility index (Phi) is 3.54. The van der Waals surface area contributed by atoms with Crippen LogP contribution >= 0.6 is 11.3 Å². The number of thiophene rings is 1. The van der Waals surface area contributed by atoms with Crippen LogP contribution in [0, 0.1) is 0 Å². The van der Waals surface area contributed by atoms with Crippen LogP contribution in [0.15, 0.2) is 29.9 Å². The lowest BCUT2D eigenvalue weighted by Crippen LogP contribution is -2.36. The average molecular weight is 314 g/mol. The molecular weight excluding hydrogens is 296 g/mol. The highest BCUT2D eigenvalue weighted by Gasteiger charge is 2.33. The van der Waals surface area contributed by atoms with E-state index in [1.165, 1.54) is 17.7 Å². The van der Waals surface area contributed by atoms with Crippen molar-refractivity contribution in [3.8, 4) is 0 Å². The standard InChI is InChI=1S/C16H18N4OS/c21-16(19-12-8-17-15(18-9-12)11-3-4-11)20(13-5-6-13)10-14-2-1-7-22-14/h1-2,7-9,11,13H,3-6,10H2,(H,19,21). The first-order valence-electron chi connectivity index (χ1n) is 7.71. The van der Waals surface area contributed by atoms with Gasteiger partial charge in [-0.3, -0.25) is 0 Å². The van der Waals surface area contributed by atoms with E-state index in [0.29, 0.717) is 24.2 Å². The first-order valence-corrected chi connectivity index (χ1v) is 8.59. The first-order chi connectivity index (χ1) is 10.8. The number of hydrogen-bond acceptors (Lipinski definition) is 4. The Morgan fingerprint density at radius 1 is 1.27 bits per heavy atom. The van der Waals surface area contributed by atoms with Gasteiger partial charge in [0, 0.05) is 16.8 Å². The predicted octanol–water partition coefficient (Wildman–Crippen LogP) is 3.61. The van der Waals surface area contributed by atoms with Crippen molar-refractivity contribution in [1.82, 2.24) is 14.9 Å². The van der Waals surface area contributed by atoms with Crippen LogP contribution in [0.2, 0.25) is 0 Å². The van der Waals surface area contributed by atoms with Gasteiger partial charge in [-0.25, -0.2) is 14.8 Å². The summed E-state index contributed by atoms with van der Waals surface area (Å²) in [6.07, 6.45) is 7.99. The molecule has 0 saturated heterocycles. The molecule has 4 rings (SSSR count). The lowest BCUT2D eigenvalue weighted by atomic mass is 10.4. The van der Waals surface area contributed by atoms with Crippen LogP contribution in [0.3, 0.4) is 0 Å². The Labute approximate surface area is 133 Å². The smallest absolute Gasteiger partial charge is 0.316 e. The van der Waals surface area contributed by atoms with Gasteiger partial charge < -0.3 is 10.2 Å². The summed E-state index contributed by atoms with van der Waals surface area (Å²) in [7, 11) is 0. The molecule has 0 aliphatic heterocycles. The van der Waals surface area contributed by atoms with Crippen molar-refractivity contribution in [2.45, 2.75) is 44.2 Å². The van der Waals surface area contributed by atoms with Gasteiger partial charge in [0.15, 0.2) is 0 Å². The molecule has 2 aromatic rings. The number of nitrogens with zero attached hydrogens (tertiary/aromatic N) is 3. The number of aromatic nitrogens is 2. The van der Waals surface area contributed by atoms with Gasteiger partial charge in [-0.2, -0.15) is 0 Å². The molecule has 0 spiro atoms. The summed E-state index contributed by atoms with van der Waals surface area (Å²) >= 11 is 1.69. The highest BCUT2D eigenvalue weighted by molar-refractivity contribution is 7.09. The number of anilines is 1. The van der Waals surface area contributed by atoms with Crippen molar-refractivity contribution in [3.63, 3.8) is 0 Å². The van der Waals surface area contributed by atoms with E-state index in [0.717, 1.165) is 18.7 Å². The number of carbonyl (C=O) groups is 1. The molecule has 114 valence electrons. The van der Waals surface area contributed by atoms with Crippen molar-refractivity contribution in [2.24, 2.45) is 0 Å². The van der Waals surface area contributed by atoms with E-state index in [9.17, 15) is 4.79 Å². The van der Waals surface area contributed by atoms with E-state index in [4.69, 9.17) is 0 Å². The van der Waals surface area contributed by atoms with Gasteiger partial charge in [0.25, 0.3) is 0 Å². The fraction of sp³-hybridized carbons (Fsp3) is 0.438. The van der Waals surface area contributed by atoms with Crippen LogP contribution in [-0.4, -0.2) is 26.9 Å². The maximum atomic E-state index is 12.5. The maximum absolute atomic E-state index is 12.5. The number of amides is 2. The minimum atomic E-state index is -0.0568. The number of rotatable bonds is 5. The topological polar surface area (TPSA) is 58.1 Å². The zero-order valence-corrected chi connectivity index (χ0v) is 13.1. The maximum Gasteiger partial charge on any atom is 0.322 e. The fourth-order valence-electron chi connectivity index (χ4n) is 2.47. The summed E-state index contributed by atoms with van der Waals surface area (Å²) in [5.41, 5.74) is 0.672. The third kappa shape index (κ3) is 3.11. The Balaban J connectivity index is 1.42. The van der Waals surface area contributed by atoms with Crippen molar-refractivity contribution in [3.05, 3.63) is 40.6 Å². The monoisotopic (exact) mass is 314 g/mol. The predicted molar refractivity (Wildman–Crippen MR) is 85.9 cm³/mol. The molecule has 2 saturated carbocycles. The molecule has 2 fully saturated rings. The Bertz CT molecular complexity index is 647. The number of urea groups is 1. The Hall–Kier alpha value is -1.95. The molecular formula is C16H18N4OS. The molecule has 22 heavy (non-hydrogen) atoms. The molecule has 0 aromatic carbocycles. The van der Waals surface area contributed by atoms with Crippen molar-refractivity contribution in [2.75, 3.05) is 5.32 Å². The normalized spacial score (nSPS) is 17.3. The van der Waals surface area contributed by atoms with Gasteiger partial charge in [0.1, 0.15) is 5.82 Å². The zero-order valence-electron chi connectivity index (χ0n) is 12.2. The van der Waals surface area contributed by atoms with Gasteiger partial charge in [0.05, 0.1) is 24.6 Å². The minimum absolute atomic E-state index is 0.0568. The van der Waals surface area contributed by atoms with Gasteiger partial charge >= 0.3 is 6.03 Å². The molecule has 2 aliphatic rings. The minimum Gasteiger partial charge on any atom is -0.316 e. The van der Waals surface area contributed by atoms with Gasteiger partial charge in [-0.1, -0.05) is 6.07 Å². The second kappa shape index (κ2) is 5.68. The summed E-state index contributed by atoms with van der Waals surface area (Å²) in [6.45, 7) is 0.676. The number of hydrogen-bond donors (Lipinski definition) is 1. The Morgan fingerprint density at radius 2 is 2.05 bits per heavy atom. The third-order valence-electron chi connectivity index (χ3n) is 4.02. The molecule has 2 aromatic heterocycles. The van der Waals surface area contributed by atoms with Gasteiger partial charge in [-0.15, -0.1) is 11.3 Å². The molecule has 0 unspecified atom stereocenters. The lowest BCUT2D eigenvalue weighted by Gasteiger charge is -2.22. The largest absolute Gasteiger partial charge is 0.322 e. The second-order valence-corrected chi connectivity index (χ2v) is 7.01. The zero-order chi connectivity index (χ0) is 14.9. The number of nitrogens with one attached hydrogen (secondary N) is 1. The summed E-state index contributed by atoms with van der Waals surface area (Å²) in [6, 6.07) is 4.40. The highest BCUT2D eigenvalue weighted by Crippen LogP contribution is 2.37. The van der Waals surface area contributed by atoms with Crippen molar-refractivity contribution in [1.29, 1.82) is 0 Å². The van der Waals surface area contributed by atoms with E-state index >= 15 is 0 Å². The summed E-state index contributed by atoms with van der Waals surface area (Å²) in [5.74, 6) is 1.43. The second-order valence-electron chi connectivity index (χ2n) is 5.97. The number of carbonyl (C=O) groups excluding carboxylic acids is 1. The molecule has 2 amide bonds. The average Bonchev–Trinajstić information content (AvgIpc) is 3.45. The summed E-state index contributed by atoms with van der Waals surface area (Å²) in [4.78, 5) is 24.3. The third-order valence-corrected chi connectivity index (χ3v) is 4.88. The quantitative estimate of drug-likeness (QED) is 0.917. The summed E-state index contributed by atoms with van der Waals surface area (Å²) < 4.78 is 0. The van der Waals surface area contributed by atoms with Crippen LogP contribution in [-0.2, 0) is 6.54 Å². The van der Waals surface area contributed by atoms with Crippen molar-refractivity contribution < 1.29 is 4.79 Å². The fourth-order valence-corrected chi connectivity index (χ4v) is 3.18. The molecule has 0 radical (unpaired) electrons. The molecule has 6 heteroatoms. The molecule has 5 nitrogen and oxygen atoms in total. The van der Waals surface area contributed by atoms with Crippen LogP contribution in [0.5, 0.6) is 0 Å². The van der Waals surface area contributed by atoms with Gasteiger partial charge in [-0.05, 0) is 37.1 Å². The summed E-state index contributed by atoms with van der Waals surface area (Å²) in [5, 5.41) is 4.97. The van der Waals surface area contributed by atoms with E-state index in [1.807, 2.05) is 16.3 Å². The SMILES string of the molecule is O=C(Nc1cnc(C2CC2)nc1)N(Cc1cccs1)C1CC1. The van der Waals surface area contributed by atoms with E-state index < -0.39 is 0 Å².